The van der Waals surface area contributed by atoms with E-state index in [9.17, 15) is 9.59 Å². The van der Waals surface area contributed by atoms with Gasteiger partial charge in [0.1, 0.15) is 6.61 Å². The molecule has 0 saturated heterocycles. The van der Waals surface area contributed by atoms with Gasteiger partial charge in [-0.2, -0.15) is 5.10 Å². The third-order valence-electron chi connectivity index (χ3n) is 3.57. The highest BCUT2D eigenvalue weighted by Gasteiger charge is 2.19. The maximum atomic E-state index is 11.7. The molecule has 0 aliphatic heterocycles. The normalized spacial score (nSPS) is 11.2. The average molecular weight is 462 g/mol. The molecule has 2 aromatic carbocycles. The number of methoxy groups -OCH3 is 1. The lowest BCUT2D eigenvalue weighted by molar-refractivity contribution is -0.140. The Balaban J connectivity index is 1.96. The van der Waals surface area contributed by atoms with Crippen LogP contribution >= 0.6 is 15.9 Å². The molecule has 0 fully saturated rings. The van der Waals surface area contributed by atoms with Gasteiger partial charge < -0.3 is 14.8 Å². The van der Waals surface area contributed by atoms with Crippen molar-refractivity contribution >= 4 is 34.0 Å². The van der Waals surface area contributed by atoms with Gasteiger partial charge in [0.25, 0.3) is 0 Å². The number of nitrogens with zero attached hydrogens (tertiary/aromatic N) is 1. The van der Waals surface area contributed by atoms with E-state index in [0.717, 1.165) is 10.0 Å². The molecule has 0 aliphatic rings. The molecule has 0 aromatic heterocycles. The van der Waals surface area contributed by atoms with Gasteiger partial charge in [-0.1, -0.05) is 28.1 Å². The third-order valence-corrected chi connectivity index (χ3v) is 4.10. The van der Waals surface area contributed by atoms with Gasteiger partial charge in [0, 0.05) is 10.0 Å². The van der Waals surface area contributed by atoms with E-state index in [1.807, 2.05) is 24.3 Å². The molecular weight excluding hydrogens is 438 g/mol. The van der Waals surface area contributed by atoms with Crippen molar-refractivity contribution in [1.82, 2.24) is 10.7 Å². The minimum Gasteiger partial charge on any atom is -0.493 e. The lowest BCUT2D eigenvalue weighted by Gasteiger charge is -2.19. The van der Waals surface area contributed by atoms with Crippen LogP contribution in [0.5, 0.6) is 11.5 Å². The summed E-state index contributed by atoms with van der Waals surface area (Å²) in [5.41, 5.74) is 3.40. The second-order valence-corrected chi connectivity index (χ2v) is 8.14. The summed E-state index contributed by atoms with van der Waals surface area (Å²) < 4.78 is 12.2. The predicted octanol–water partition coefficient (Wildman–Crippen LogP) is 3.40. The van der Waals surface area contributed by atoms with Gasteiger partial charge in [0.15, 0.2) is 11.5 Å². The fourth-order valence-electron chi connectivity index (χ4n) is 2.24. The SMILES string of the molecule is COc1cc(/C=N\NC(=O)C(=O)NC(C)(C)C)ccc1OCc1ccc(Br)cc1. The molecule has 0 atom stereocenters. The number of hydrogen-bond donors (Lipinski definition) is 2. The van der Waals surface area contributed by atoms with Crippen molar-refractivity contribution in [3.8, 4) is 11.5 Å². The summed E-state index contributed by atoms with van der Waals surface area (Å²) in [5, 5.41) is 6.37. The van der Waals surface area contributed by atoms with Crippen molar-refractivity contribution in [2.75, 3.05) is 7.11 Å². The van der Waals surface area contributed by atoms with Crippen LogP contribution in [0.2, 0.25) is 0 Å². The zero-order valence-corrected chi connectivity index (χ0v) is 18.4. The summed E-state index contributed by atoms with van der Waals surface area (Å²) >= 11 is 3.40. The number of halogens is 1. The molecule has 0 unspecified atom stereocenters. The second kappa shape index (κ2) is 10.1. The fraction of sp³-hybridized carbons (Fsp3) is 0.286. The summed E-state index contributed by atoms with van der Waals surface area (Å²) in [6, 6.07) is 13.1. The number of rotatable bonds is 6. The first-order valence-electron chi connectivity index (χ1n) is 8.89. The Bertz CT molecular complexity index is 890. The van der Waals surface area contributed by atoms with Crippen molar-refractivity contribution in [3.63, 3.8) is 0 Å². The Hall–Kier alpha value is -2.87. The minimum atomic E-state index is -0.836. The quantitative estimate of drug-likeness (QED) is 0.391. The Labute approximate surface area is 178 Å². The van der Waals surface area contributed by atoms with Crippen LogP contribution in [-0.2, 0) is 16.2 Å². The number of hydrogen-bond acceptors (Lipinski definition) is 5. The van der Waals surface area contributed by atoms with Gasteiger partial charge in [-0.15, -0.1) is 0 Å². The zero-order valence-electron chi connectivity index (χ0n) is 16.8. The molecule has 0 aliphatic carbocycles. The first kappa shape index (κ1) is 22.4. The first-order valence-corrected chi connectivity index (χ1v) is 9.68. The predicted molar refractivity (Wildman–Crippen MR) is 115 cm³/mol. The summed E-state index contributed by atoms with van der Waals surface area (Å²) in [6.45, 7) is 5.76. The van der Waals surface area contributed by atoms with Gasteiger partial charge in [0.05, 0.1) is 13.3 Å². The van der Waals surface area contributed by atoms with Crippen LogP contribution in [0.4, 0.5) is 0 Å². The molecule has 0 heterocycles. The van der Waals surface area contributed by atoms with E-state index < -0.39 is 17.4 Å². The molecule has 8 heteroatoms. The maximum absolute atomic E-state index is 11.7. The van der Waals surface area contributed by atoms with E-state index in [4.69, 9.17) is 9.47 Å². The number of nitrogens with one attached hydrogen (secondary N) is 2. The van der Waals surface area contributed by atoms with E-state index in [1.54, 1.807) is 46.1 Å². The molecule has 2 N–H and O–H groups in total. The van der Waals surface area contributed by atoms with Crippen LogP contribution in [0.3, 0.4) is 0 Å². The topological polar surface area (TPSA) is 89.0 Å². The van der Waals surface area contributed by atoms with Gasteiger partial charge in [-0.3, -0.25) is 9.59 Å². The molecule has 154 valence electrons. The van der Waals surface area contributed by atoms with Crippen molar-refractivity contribution in [2.45, 2.75) is 32.9 Å². The monoisotopic (exact) mass is 461 g/mol. The molecule has 0 spiro atoms. The molecule has 2 amide bonds. The molecule has 2 aromatic rings. The van der Waals surface area contributed by atoms with Crippen molar-refractivity contribution in [3.05, 3.63) is 58.1 Å². The van der Waals surface area contributed by atoms with Crippen molar-refractivity contribution in [2.24, 2.45) is 5.10 Å². The largest absolute Gasteiger partial charge is 0.493 e. The number of hydrazone groups is 1. The van der Waals surface area contributed by atoms with Crippen molar-refractivity contribution < 1.29 is 19.1 Å². The Morgan fingerprint density at radius 3 is 2.38 bits per heavy atom. The molecule has 7 nitrogen and oxygen atoms in total. The number of carbonyl (C=O) groups excluding carboxylic acids is 2. The fourth-order valence-corrected chi connectivity index (χ4v) is 2.50. The molecule has 2 rings (SSSR count). The highest BCUT2D eigenvalue weighted by Crippen LogP contribution is 2.28. The number of benzene rings is 2. The number of carbonyl (C=O) groups is 2. The molecular formula is C21H24BrN3O4. The van der Waals surface area contributed by atoms with E-state index in [1.165, 1.54) is 6.21 Å². The summed E-state index contributed by atoms with van der Waals surface area (Å²) in [5.74, 6) is -0.467. The maximum Gasteiger partial charge on any atom is 0.329 e. The molecule has 0 saturated carbocycles. The van der Waals surface area contributed by atoms with Crippen LogP contribution in [-0.4, -0.2) is 30.7 Å². The van der Waals surface area contributed by atoms with Gasteiger partial charge in [-0.25, -0.2) is 5.43 Å². The Morgan fingerprint density at radius 2 is 1.76 bits per heavy atom. The van der Waals surface area contributed by atoms with Gasteiger partial charge in [-0.05, 0) is 62.2 Å². The van der Waals surface area contributed by atoms with Crippen LogP contribution in [0.25, 0.3) is 0 Å². The lowest BCUT2D eigenvalue weighted by Crippen LogP contribution is -2.47. The van der Waals surface area contributed by atoms with E-state index in [-0.39, 0.29) is 0 Å². The minimum absolute atomic E-state index is 0.399. The Morgan fingerprint density at radius 1 is 1.07 bits per heavy atom. The lowest BCUT2D eigenvalue weighted by atomic mass is 10.1. The number of ether oxygens (including phenoxy) is 2. The highest BCUT2D eigenvalue weighted by atomic mass is 79.9. The second-order valence-electron chi connectivity index (χ2n) is 7.23. The third kappa shape index (κ3) is 7.57. The van der Waals surface area contributed by atoms with E-state index in [0.29, 0.717) is 23.7 Å². The van der Waals surface area contributed by atoms with Crippen LogP contribution in [0.1, 0.15) is 31.9 Å². The van der Waals surface area contributed by atoms with Crippen molar-refractivity contribution in [1.29, 1.82) is 0 Å². The van der Waals surface area contributed by atoms with E-state index >= 15 is 0 Å². The summed E-state index contributed by atoms with van der Waals surface area (Å²) in [6.07, 6.45) is 1.42. The zero-order chi connectivity index (χ0) is 21.4. The van der Waals surface area contributed by atoms with E-state index in [2.05, 4.69) is 31.8 Å². The molecule has 0 radical (unpaired) electrons. The standard InChI is InChI=1S/C21H24BrN3O4/c1-21(2,3)24-19(26)20(27)25-23-12-15-7-10-17(18(11-15)28-4)29-13-14-5-8-16(22)9-6-14/h5-12H,13H2,1-4H3,(H,24,26)(H,25,27)/b23-12-. The molecule has 0 bridgehead atoms. The van der Waals surface area contributed by atoms with Crippen LogP contribution in [0, 0.1) is 0 Å². The Kier molecular flexibility index (Phi) is 7.78. The highest BCUT2D eigenvalue weighted by molar-refractivity contribution is 9.10. The summed E-state index contributed by atoms with van der Waals surface area (Å²) in [7, 11) is 1.54. The van der Waals surface area contributed by atoms with Crippen LogP contribution < -0.4 is 20.2 Å². The van der Waals surface area contributed by atoms with Gasteiger partial charge >= 0.3 is 11.8 Å². The average Bonchev–Trinajstić information content (AvgIpc) is 2.66. The molecule has 29 heavy (non-hydrogen) atoms. The van der Waals surface area contributed by atoms with Crippen LogP contribution in [0.15, 0.2) is 52.0 Å². The summed E-state index contributed by atoms with van der Waals surface area (Å²) in [4.78, 5) is 23.5. The van der Waals surface area contributed by atoms with Gasteiger partial charge in [0.2, 0.25) is 0 Å². The number of amides is 2. The first-order chi connectivity index (χ1) is 13.7. The smallest absolute Gasteiger partial charge is 0.329 e.